The van der Waals surface area contributed by atoms with Crippen LogP contribution in [0.5, 0.6) is 0 Å². The summed E-state index contributed by atoms with van der Waals surface area (Å²) in [7, 11) is 0. The summed E-state index contributed by atoms with van der Waals surface area (Å²) in [4.78, 5) is 28.4. The van der Waals surface area contributed by atoms with Gasteiger partial charge in [-0.3, -0.25) is 9.59 Å². The lowest BCUT2D eigenvalue weighted by Gasteiger charge is -2.35. The van der Waals surface area contributed by atoms with E-state index in [9.17, 15) is 19.8 Å². The fraction of sp³-hybridized carbons (Fsp3) is 0.364. The van der Waals surface area contributed by atoms with Gasteiger partial charge < -0.3 is 20.0 Å². The molecule has 0 unspecified atom stereocenters. The normalized spacial score (nSPS) is 17.9. The Kier molecular flexibility index (Phi) is 5.34. The van der Waals surface area contributed by atoms with Gasteiger partial charge in [0, 0.05) is 42.3 Å². The molecule has 2 aromatic rings. The second-order valence-corrected chi connectivity index (χ2v) is 8.07. The smallest absolute Gasteiger partial charge is 0.254 e. The van der Waals surface area contributed by atoms with Crippen molar-refractivity contribution >= 4 is 23.4 Å². The first kappa shape index (κ1) is 19.9. The van der Waals surface area contributed by atoms with Gasteiger partial charge in [0.05, 0.1) is 6.61 Å². The van der Waals surface area contributed by atoms with Crippen molar-refractivity contribution < 1.29 is 19.8 Å². The quantitative estimate of drug-likeness (QED) is 0.804. The second kappa shape index (κ2) is 7.78. The highest BCUT2D eigenvalue weighted by atomic mass is 35.5. The fourth-order valence-corrected chi connectivity index (χ4v) is 3.83. The third-order valence-corrected chi connectivity index (χ3v) is 5.96. The molecule has 1 saturated carbocycles. The predicted octanol–water partition coefficient (Wildman–Crippen LogP) is 2.31. The van der Waals surface area contributed by atoms with Gasteiger partial charge >= 0.3 is 0 Å². The summed E-state index contributed by atoms with van der Waals surface area (Å²) in [6.07, 6.45) is 1.06. The summed E-state index contributed by atoms with van der Waals surface area (Å²) in [6, 6.07) is 12.6. The van der Waals surface area contributed by atoms with Crippen LogP contribution >= 0.6 is 11.6 Å². The largest absolute Gasteiger partial charge is 0.392 e. The molecule has 4 rings (SSSR count). The number of hydrogen-bond donors (Lipinski definition) is 2. The van der Waals surface area contributed by atoms with E-state index in [1.165, 1.54) is 0 Å². The maximum absolute atomic E-state index is 12.8. The minimum absolute atomic E-state index is 0.0629. The van der Waals surface area contributed by atoms with E-state index in [4.69, 9.17) is 11.6 Å². The van der Waals surface area contributed by atoms with Crippen molar-refractivity contribution in [2.75, 3.05) is 26.2 Å². The number of carbonyl (C=O) groups excluding carboxylic acids is 2. The number of aliphatic hydroxyl groups is 2. The summed E-state index contributed by atoms with van der Waals surface area (Å²) in [5, 5.41) is 19.9. The van der Waals surface area contributed by atoms with Gasteiger partial charge in [-0.1, -0.05) is 29.8 Å². The molecule has 2 aliphatic rings. The van der Waals surface area contributed by atoms with E-state index in [2.05, 4.69) is 0 Å². The lowest BCUT2D eigenvalue weighted by atomic mass is 10.0. The van der Waals surface area contributed by atoms with Gasteiger partial charge in [0.1, 0.15) is 5.60 Å². The van der Waals surface area contributed by atoms with Gasteiger partial charge in [-0.15, -0.1) is 0 Å². The van der Waals surface area contributed by atoms with E-state index in [1.54, 1.807) is 34.1 Å². The summed E-state index contributed by atoms with van der Waals surface area (Å²) in [5.74, 6) is -0.292. The molecule has 0 bridgehead atoms. The molecule has 2 aromatic carbocycles. The topological polar surface area (TPSA) is 81.1 Å². The number of aliphatic hydroxyl groups excluding tert-OH is 1. The molecule has 0 spiro atoms. The molecule has 0 atom stereocenters. The van der Waals surface area contributed by atoms with Crippen LogP contribution in [0.4, 0.5) is 0 Å². The van der Waals surface area contributed by atoms with E-state index < -0.39 is 5.60 Å². The minimum Gasteiger partial charge on any atom is -0.392 e. The molecule has 0 aromatic heterocycles. The van der Waals surface area contributed by atoms with Crippen LogP contribution in [0, 0.1) is 0 Å². The predicted molar refractivity (Wildman–Crippen MR) is 109 cm³/mol. The molecule has 2 fully saturated rings. The third-order valence-electron chi connectivity index (χ3n) is 5.63. The number of rotatable bonds is 4. The average molecular weight is 415 g/mol. The van der Waals surface area contributed by atoms with Crippen LogP contribution in [0.1, 0.15) is 28.8 Å². The second-order valence-electron chi connectivity index (χ2n) is 7.67. The van der Waals surface area contributed by atoms with Crippen molar-refractivity contribution in [3.8, 4) is 11.1 Å². The minimum atomic E-state index is -1.16. The van der Waals surface area contributed by atoms with E-state index in [0.29, 0.717) is 49.6 Å². The van der Waals surface area contributed by atoms with Gasteiger partial charge in [-0.2, -0.15) is 0 Å². The molecule has 0 radical (unpaired) electrons. The average Bonchev–Trinajstić information content (AvgIpc) is 3.52. The van der Waals surface area contributed by atoms with Crippen molar-refractivity contribution in [3.05, 3.63) is 58.6 Å². The Morgan fingerprint density at radius 3 is 2.17 bits per heavy atom. The number of amides is 2. The third kappa shape index (κ3) is 4.01. The fourth-order valence-electron chi connectivity index (χ4n) is 3.61. The Morgan fingerprint density at radius 2 is 1.59 bits per heavy atom. The standard InChI is InChI=1S/C22H23ClN2O4/c23-19-6-1-15(14-26)13-18(19)16-2-4-17(5-3-16)20(27)24-9-11-25(12-10-24)21(28)22(29)7-8-22/h1-6,13,26,29H,7-12,14H2. The van der Waals surface area contributed by atoms with Crippen molar-refractivity contribution in [3.63, 3.8) is 0 Å². The van der Waals surface area contributed by atoms with E-state index in [0.717, 1.165) is 16.7 Å². The Morgan fingerprint density at radius 1 is 0.966 bits per heavy atom. The molecule has 152 valence electrons. The number of halogens is 1. The van der Waals surface area contributed by atoms with E-state index in [-0.39, 0.29) is 18.4 Å². The first-order valence-corrected chi connectivity index (χ1v) is 10.1. The van der Waals surface area contributed by atoms with Gasteiger partial charge in [0.15, 0.2) is 0 Å². The summed E-state index contributed by atoms with van der Waals surface area (Å²) >= 11 is 6.28. The van der Waals surface area contributed by atoms with E-state index >= 15 is 0 Å². The lowest BCUT2D eigenvalue weighted by molar-refractivity contribution is -0.143. The van der Waals surface area contributed by atoms with Crippen LogP contribution in [0.25, 0.3) is 11.1 Å². The molecule has 29 heavy (non-hydrogen) atoms. The highest BCUT2D eigenvalue weighted by Crippen LogP contribution is 2.37. The first-order valence-electron chi connectivity index (χ1n) is 9.72. The van der Waals surface area contributed by atoms with Gasteiger partial charge in [-0.05, 0) is 48.2 Å². The van der Waals surface area contributed by atoms with Crippen molar-refractivity contribution in [2.45, 2.75) is 25.0 Å². The van der Waals surface area contributed by atoms with Crippen LogP contribution in [0.2, 0.25) is 5.02 Å². The Labute approximate surface area is 174 Å². The van der Waals surface area contributed by atoms with Gasteiger partial charge in [-0.25, -0.2) is 0 Å². The molecule has 6 nitrogen and oxygen atoms in total. The van der Waals surface area contributed by atoms with Crippen molar-refractivity contribution in [2.24, 2.45) is 0 Å². The number of benzene rings is 2. The van der Waals surface area contributed by atoms with Crippen molar-refractivity contribution in [1.82, 2.24) is 9.80 Å². The van der Waals surface area contributed by atoms with Crippen LogP contribution in [-0.2, 0) is 11.4 Å². The lowest BCUT2D eigenvalue weighted by Crippen LogP contribution is -2.53. The molecule has 7 heteroatoms. The molecule has 1 heterocycles. The first-order chi connectivity index (χ1) is 13.9. The highest BCUT2D eigenvalue weighted by Gasteiger charge is 2.50. The number of nitrogens with zero attached hydrogens (tertiary/aromatic N) is 2. The number of carbonyl (C=O) groups is 2. The van der Waals surface area contributed by atoms with Crippen molar-refractivity contribution in [1.29, 1.82) is 0 Å². The molecule has 1 aliphatic heterocycles. The molecule has 1 saturated heterocycles. The molecule has 2 N–H and O–H groups in total. The Hall–Kier alpha value is -2.41. The SMILES string of the molecule is O=C(c1ccc(-c2cc(CO)ccc2Cl)cc1)N1CCN(C(=O)C2(O)CC2)CC1. The van der Waals surface area contributed by atoms with Crippen LogP contribution in [0.15, 0.2) is 42.5 Å². The maximum atomic E-state index is 12.8. The maximum Gasteiger partial charge on any atom is 0.254 e. The summed E-state index contributed by atoms with van der Waals surface area (Å²) in [5.41, 5.74) is 1.87. The van der Waals surface area contributed by atoms with Crippen LogP contribution < -0.4 is 0 Å². The van der Waals surface area contributed by atoms with Crippen LogP contribution in [0.3, 0.4) is 0 Å². The molecular weight excluding hydrogens is 392 g/mol. The highest BCUT2D eigenvalue weighted by molar-refractivity contribution is 6.33. The summed E-state index contributed by atoms with van der Waals surface area (Å²) < 4.78 is 0. The molecule has 2 amide bonds. The molecular formula is C22H23ClN2O4. The zero-order chi connectivity index (χ0) is 20.6. The Balaban J connectivity index is 1.42. The molecule has 1 aliphatic carbocycles. The number of piperazine rings is 1. The van der Waals surface area contributed by atoms with Gasteiger partial charge in [0.2, 0.25) is 0 Å². The zero-order valence-electron chi connectivity index (χ0n) is 16.0. The zero-order valence-corrected chi connectivity index (χ0v) is 16.7. The summed E-state index contributed by atoms with van der Waals surface area (Å²) in [6.45, 7) is 1.72. The van der Waals surface area contributed by atoms with Gasteiger partial charge in [0.25, 0.3) is 11.8 Å². The monoisotopic (exact) mass is 414 g/mol. The number of hydrogen-bond acceptors (Lipinski definition) is 4. The van der Waals surface area contributed by atoms with Crippen LogP contribution in [-0.4, -0.2) is 63.6 Å². The van der Waals surface area contributed by atoms with E-state index in [1.807, 2.05) is 18.2 Å². The Bertz CT molecular complexity index is 932.